The van der Waals surface area contributed by atoms with Crippen LogP contribution in [0.4, 0.5) is 4.79 Å². The molecule has 4 rings (SSSR count). The van der Waals surface area contributed by atoms with Gasteiger partial charge < -0.3 is 9.47 Å². The van der Waals surface area contributed by atoms with Gasteiger partial charge in [0.15, 0.2) is 5.78 Å². The van der Waals surface area contributed by atoms with Crippen molar-refractivity contribution in [1.82, 2.24) is 4.90 Å². The Hall–Kier alpha value is -2.14. The first-order valence-electron chi connectivity index (χ1n) is 7.96. The van der Waals surface area contributed by atoms with E-state index in [-0.39, 0.29) is 30.1 Å². The van der Waals surface area contributed by atoms with Crippen LogP contribution in [0.2, 0.25) is 0 Å². The standard InChI is InChI=1S/C18H19NO4/c1-18-10-14(15(23-18)7-8-16(18)20)19-13(11-22-17(19)21)9-12-5-3-2-4-6-12/h2-8,13-15H,9-11H2,1H3/t13-,14-,15-,18-/m1/s1. The van der Waals surface area contributed by atoms with E-state index < -0.39 is 5.60 Å². The molecule has 1 aromatic rings. The van der Waals surface area contributed by atoms with Gasteiger partial charge in [-0.3, -0.25) is 9.69 Å². The van der Waals surface area contributed by atoms with Crippen LogP contribution in [0.3, 0.4) is 0 Å². The summed E-state index contributed by atoms with van der Waals surface area (Å²) in [5, 5.41) is 0. The molecule has 0 saturated carbocycles. The van der Waals surface area contributed by atoms with Gasteiger partial charge in [0.2, 0.25) is 0 Å². The molecule has 1 aromatic carbocycles. The second-order valence-corrected chi connectivity index (χ2v) is 6.64. The Morgan fingerprint density at radius 2 is 2.04 bits per heavy atom. The van der Waals surface area contributed by atoms with Gasteiger partial charge in [0, 0.05) is 6.42 Å². The molecule has 0 unspecified atom stereocenters. The highest BCUT2D eigenvalue weighted by atomic mass is 16.6. The number of hydrogen-bond donors (Lipinski definition) is 0. The molecule has 2 bridgehead atoms. The molecule has 0 aliphatic carbocycles. The zero-order valence-corrected chi connectivity index (χ0v) is 13.0. The lowest BCUT2D eigenvalue weighted by Gasteiger charge is -2.29. The van der Waals surface area contributed by atoms with Crippen LogP contribution in [0.15, 0.2) is 42.5 Å². The third-order valence-corrected chi connectivity index (χ3v) is 5.01. The summed E-state index contributed by atoms with van der Waals surface area (Å²) in [6.45, 7) is 2.19. The van der Waals surface area contributed by atoms with Crippen molar-refractivity contribution in [3.8, 4) is 0 Å². The molecule has 5 nitrogen and oxygen atoms in total. The molecule has 3 aliphatic heterocycles. The predicted molar refractivity (Wildman–Crippen MR) is 83.0 cm³/mol. The highest BCUT2D eigenvalue weighted by Gasteiger charge is 2.54. The van der Waals surface area contributed by atoms with Crippen molar-refractivity contribution in [3.05, 3.63) is 48.0 Å². The fourth-order valence-corrected chi connectivity index (χ4v) is 3.80. The molecule has 3 aliphatic rings. The Labute approximate surface area is 134 Å². The summed E-state index contributed by atoms with van der Waals surface area (Å²) < 4.78 is 11.2. The summed E-state index contributed by atoms with van der Waals surface area (Å²) in [7, 11) is 0. The highest BCUT2D eigenvalue weighted by Crippen LogP contribution is 2.40. The zero-order valence-electron chi connectivity index (χ0n) is 13.0. The Balaban J connectivity index is 1.58. The monoisotopic (exact) mass is 313 g/mol. The predicted octanol–water partition coefficient (Wildman–Crippen LogP) is 2.10. The number of nitrogens with zero attached hydrogens (tertiary/aromatic N) is 1. The van der Waals surface area contributed by atoms with Gasteiger partial charge in [0.05, 0.1) is 18.2 Å². The van der Waals surface area contributed by atoms with E-state index in [1.54, 1.807) is 24.0 Å². The molecular weight excluding hydrogens is 294 g/mol. The summed E-state index contributed by atoms with van der Waals surface area (Å²) in [6.07, 6.45) is 4.07. The van der Waals surface area contributed by atoms with E-state index in [1.807, 2.05) is 18.2 Å². The van der Waals surface area contributed by atoms with Crippen molar-refractivity contribution in [1.29, 1.82) is 0 Å². The van der Waals surface area contributed by atoms with E-state index in [0.717, 1.165) is 6.42 Å². The van der Waals surface area contributed by atoms with Crippen LogP contribution < -0.4 is 0 Å². The van der Waals surface area contributed by atoms with Gasteiger partial charge in [-0.25, -0.2) is 4.79 Å². The van der Waals surface area contributed by atoms with E-state index in [4.69, 9.17) is 9.47 Å². The maximum absolute atomic E-state index is 12.3. The van der Waals surface area contributed by atoms with Crippen LogP contribution in [0, 0.1) is 0 Å². The van der Waals surface area contributed by atoms with Gasteiger partial charge >= 0.3 is 6.09 Å². The maximum atomic E-state index is 12.3. The van der Waals surface area contributed by atoms with Gasteiger partial charge in [-0.2, -0.15) is 0 Å². The van der Waals surface area contributed by atoms with Gasteiger partial charge in [-0.1, -0.05) is 36.4 Å². The lowest BCUT2D eigenvalue weighted by Crippen LogP contribution is -2.46. The van der Waals surface area contributed by atoms with Crippen molar-refractivity contribution < 1.29 is 19.1 Å². The van der Waals surface area contributed by atoms with Crippen molar-refractivity contribution in [3.63, 3.8) is 0 Å². The van der Waals surface area contributed by atoms with E-state index in [1.165, 1.54) is 5.56 Å². The summed E-state index contributed by atoms with van der Waals surface area (Å²) in [4.78, 5) is 26.1. The number of ether oxygens (including phenoxy) is 2. The second kappa shape index (κ2) is 5.20. The molecule has 2 fully saturated rings. The minimum atomic E-state index is -0.815. The third kappa shape index (κ3) is 2.36. The van der Waals surface area contributed by atoms with E-state index in [2.05, 4.69) is 12.1 Å². The van der Waals surface area contributed by atoms with Crippen molar-refractivity contribution >= 4 is 11.9 Å². The molecular formula is C18H19NO4. The topological polar surface area (TPSA) is 55.8 Å². The summed E-state index contributed by atoms with van der Waals surface area (Å²) in [5.74, 6) is -0.0246. The second-order valence-electron chi connectivity index (χ2n) is 6.64. The zero-order chi connectivity index (χ0) is 16.0. The minimum Gasteiger partial charge on any atom is -0.447 e. The van der Waals surface area contributed by atoms with E-state index >= 15 is 0 Å². The Kier molecular flexibility index (Phi) is 3.27. The minimum absolute atomic E-state index is 0.0232. The molecule has 0 spiro atoms. The summed E-state index contributed by atoms with van der Waals surface area (Å²) >= 11 is 0. The van der Waals surface area contributed by atoms with Gasteiger partial charge in [0.1, 0.15) is 12.2 Å². The molecule has 5 heteroatoms. The lowest BCUT2D eigenvalue weighted by atomic mass is 9.94. The number of benzene rings is 1. The summed E-state index contributed by atoms with van der Waals surface area (Å²) in [6, 6.07) is 9.89. The van der Waals surface area contributed by atoms with Crippen LogP contribution in [0.5, 0.6) is 0 Å². The molecule has 0 radical (unpaired) electrons. The average Bonchev–Trinajstić information content (AvgIpc) is 3.03. The molecule has 0 N–H and O–H groups in total. The first kappa shape index (κ1) is 14.5. The maximum Gasteiger partial charge on any atom is 0.410 e. The number of ketones is 1. The molecule has 3 heterocycles. The Morgan fingerprint density at radius 1 is 1.26 bits per heavy atom. The first-order valence-corrected chi connectivity index (χ1v) is 7.96. The number of carbonyl (C=O) groups is 2. The molecule has 23 heavy (non-hydrogen) atoms. The number of cyclic esters (lactones) is 1. The highest BCUT2D eigenvalue weighted by molar-refractivity contribution is 5.98. The summed E-state index contributed by atoms with van der Waals surface area (Å²) in [5.41, 5.74) is 0.352. The molecule has 2 saturated heterocycles. The van der Waals surface area contributed by atoms with E-state index in [9.17, 15) is 9.59 Å². The van der Waals surface area contributed by atoms with Crippen LogP contribution in [0.25, 0.3) is 0 Å². The normalized spacial score (nSPS) is 35.7. The van der Waals surface area contributed by atoms with E-state index in [0.29, 0.717) is 13.0 Å². The molecule has 0 aromatic heterocycles. The van der Waals surface area contributed by atoms with Crippen LogP contribution in [0.1, 0.15) is 18.9 Å². The van der Waals surface area contributed by atoms with Gasteiger partial charge in [0.25, 0.3) is 0 Å². The van der Waals surface area contributed by atoms with Crippen molar-refractivity contribution in [2.24, 2.45) is 0 Å². The average molecular weight is 313 g/mol. The lowest BCUT2D eigenvalue weighted by molar-refractivity contribution is -0.136. The van der Waals surface area contributed by atoms with Crippen LogP contribution >= 0.6 is 0 Å². The van der Waals surface area contributed by atoms with Crippen molar-refractivity contribution in [2.75, 3.05) is 6.61 Å². The van der Waals surface area contributed by atoms with Crippen LogP contribution in [-0.2, 0) is 20.7 Å². The molecule has 4 atom stereocenters. The fourth-order valence-electron chi connectivity index (χ4n) is 3.80. The Morgan fingerprint density at radius 3 is 2.78 bits per heavy atom. The number of amides is 1. The molecule has 1 amide bonds. The smallest absolute Gasteiger partial charge is 0.410 e. The molecule has 120 valence electrons. The largest absolute Gasteiger partial charge is 0.447 e. The first-order chi connectivity index (χ1) is 11.1. The number of fused-ring (bicyclic) bond motifs is 2. The van der Waals surface area contributed by atoms with Gasteiger partial charge in [-0.05, 0) is 25.0 Å². The number of rotatable bonds is 3. The number of carbonyl (C=O) groups excluding carboxylic acids is 2. The fraction of sp³-hybridized carbons (Fsp3) is 0.444. The quantitative estimate of drug-likeness (QED) is 0.857. The van der Waals surface area contributed by atoms with Crippen LogP contribution in [-0.4, -0.2) is 47.2 Å². The third-order valence-electron chi connectivity index (χ3n) is 5.01. The van der Waals surface area contributed by atoms with Crippen molar-refractivity contribution in [2.45, 2.75) is 43.6 Å². The number of hydrogen-bond acceptors (Lipinski definition) is 4. The SMILES string of the molecule is C[C@@]12C[C@@H](N3C(=O)OC[C@H]3Cc3ccccc3)[C@@H](C=CC1=O)O2. The van der Waals surface area contributed by atoms with Gasteiger partial charge in [-0.15, -0.1) is 0 Å². The Bertz CT molecular complexity index is 671.